The Morgan fingerprint density at radius 3 is 3.10 bits per heavy atom. The number of nitrogens with one attached hydrogen (secondary N) is 2. The van der Waals surface area contributed by atoms with Gasteiger partial charge in [0, 0.05) is 11.9 Å². The summed E-state index contributed by atoms with van der Waals surface area (Å²) < 4.78 is 0. The van der Waals surface area contributed by atoms with Crippen molar-refractivity contribution in [1.82, 2.24) is 10.3 Å². The fourth-order valence-electron chi connectivity index (χ4n) is 2.68. The maximum atomic E-state index is 9.27. The van der Waals surface area contributed by atoms with Crippen molar-refractivity contribution in [2.45, 2.75) is 12.8 Å². The minimum absolute atomic E-state index is 0.614. The number of hydrogen-bond acceptors (Lipinski definition) is 4. The zero-order valence-corrected chi connectivity index (χ0v) is 11.4. The van der Waals surface area contributed by atoms with Crippen molar-refractivity contribution < 1.29 is 0 Å². The maximum Gasteiger partial charge on any atom is 0.144 e. The predicted molar refractivity (Wildman–Crippen MR) is 80.5 cm³/mol. The van der Waals surface area contributed by atoms with Gasteiger partial charge in [-0.1, -0.05) is 18.2 Å². The largest absolute Gasteiger partial charge is 0.369 e. The van der Waals surface area contributed by atoms with Crippen LogP contribution in [-0.2, 0) is 0 Å². The zero-order valence-electron chi connectivity index (χ0n) is 11.4. The third kappa shape index (κ3) is 2.73. The summed E-state index contributed by atoms with van der Waals surface area (Å²) in [6, 6.07) is 12.0. The van der Waals surface area contributed by atoms with Gasteiger partial charge in [0.1, 0.15) is 11.9 Å². The van der Waals surface area contributed by atoms with Crippen LogP contribution in [0.1, 0.15) is 18.4 Å². The fourth-order valence-corrected chi connectivity index (χ4v) is 2.68. The molecular formula is C16H18N4. The Hall–Kier alpha value is -2.12. The molecule has 1 saturated heterocycles. The summed E-state index contributed by atoms with van der Waals surface area (Å²) in [5.74, 6) is 1.32. The first-order valence-corrected chi connectivity index (χ1v) is 7.11. The molecule has 4 nitrogen and oxygen atoms in total. The molecule has 1 fully saturated rings. The number of pyridine rings is 1. The van der Waals surface area contributed by atoms with Crippen LogP contribution in [-0.4, -0.2) is 24.6 Å². The molecule has 1 aromatic heterocycles. The minimum Gasteiger partial charge on any atom is -0.369 e. The highest BCUT2D eigenvalue weighted by Gasteiger charge is 2.14. The molecular weight excluding hydrogens is 248 g/mol. The Morgan fingerprint density at radius 2 is 2.30 bits per heavy atom. The van der Waals surface area contributed by atoms with Gasteiger partial charge in [0.2, 0.25) is 0 Å². The van der Waals surface area contributed by atoms with E-state index in [-0.39, 0.29) is 0 Å². The second-order valence-electron chi connectivity index (χ2n) is 5.28. The number of nitrogens with zero attached hydrogens (tertiary/aromatic N) is 2. The average Bonchev–Trinajstić information content (AvgIpc) is 2.53. The number of benzene rings is 1. The molecule has 2 aromatic rings. The highest BCUT2D eigenvalue weighted by atomic mass is 15.0. The van der Waals surface area contributed by atoms with Gasteiger partial charge in [-0.2, -0.15) is 5.26 Å². The molecule has 20 heavy (non-hydrogen) atoms. The van der Waals surface area contributed by atoms with Crippen LogP contribution in [0.3, 0.4) is 0 Å². The summed E-state index contributed by atoms with van der Waals surface area (Å²) in [7, 11) is 0. The van der Waals surface area contributed by atoms with E-state index < -0.39 is 0 Å². The van der Waals surface area contributed by atoms with Crippen molar-refractivity contribution in [3.8, 4) is 6.07 Å². The van der Waals surface area contributed by atoms with Crippen molar-refractivity contribution >= 4 is 16.7 Å². The maximum absolute atomic E-state index is 9.27. The standard InChI is InChI=1S/C16H18N4/c17-9-14-8-13-5-1-2-6-15(13)20-16(14)19-11-12-4-3-7-18-10-12/h1-2,5-6,8,12,18H,3-4,7,10-11H2,(H,19,20). The molecule has 0 saturated carbocycles. The minimum atomic E-state index is 0.614. The summed E-state index contributed by atoms with van der Waals surface area (Å²) in [5, 5.41) is 17.0. The van der Waals surface area contributed by atoms with Gasteiger partial charge in [0.25, 0.3) is 0 Å². The SMILES string of the molecule is N#Cc1cc2ccccc2nc1NCC1CCCNC1. The van der Waals surface area contributed by atoms with Crippen LogP contribution in [0.2, 0.25) is 0 Å². The molecule has 102 valence electrons. The molecule has 1 unspecified atom stereocenters. The average molecular weight is 266 g/mol. The first kappa shape index (κ1) is 12.9. The van der Waals surface area contributed by atoms with Gasteiger partial charge in [-0.25, -0.2) is 4.98 Å². The summed E-state index contributed by atoms with van der Waals surface area (Å²) in [6.45, 7) is 3.03. The van der Waals surface area contributed by atoms with Crippen LogP contribution in [0.25, 0.3) is 10.9 Å². The smallest absolute Gasteiger partial charge is 0.144 e. The lowest BCUT2D eigenvalue weighted by atomic mass is 10.00. The van der Waals surface area contributed by atoms with E-state index in [1.807, 2.05) is 30.3 Å². The van der Waals surface area contributed by atoms with E-state index in [2.05, 4.69) is 21.7 Å². The number of para-hydroxylation sites is 1. The Kier molecular flexibility index (Phi) is 3.80. The molecule has 0 amide bonds. The number of nitriles is 1. The van der Waals surface area contributed by atoms with E-state index in [4.69, 9.17) is 0 Å². The van der Waals surface area contributed by atoms with Gasteiger partial charge in [0.05, 0.1) is 11.1 Å². The Bertz CT molecular complexity index is 638. The van der Waals surface area contributed by atoms with Crippen LogP contribution < -0.4 is 10.6 Å². The number of hydrogen-bond donors (Lipinski definition) is 2. The fraction of sp³-hybridized carbons (Fsp3) is 0.375. The van der Waals surface area contributed by atoms with Gasteiger partial charge in [-0.05, 0) is 44.0 Å². The van der Waals surface area contributed by atoms with Crippen molar-refractivity contribution in [1.29, 1.82) is 5.26 Å². The van der Waals surface area contributed by atoms with Crippen molar-refractivity contribution in [3.63, 3.8) is 0 Å². The highest BCUT2D eigenvalue weighted by Crippen LogP contribution is 2.20. The van der Waals surface area contributed by atoms with Gasteiger partial charge in [-0.3, -0.25) is 0 Å². The van der Waals surface area contributed by atoms with Crippen LogP contribution in [0, 0.1) is 17.2 Å². The molecule has 1 atom stereocenters. The van der Waals surface area contributed by atoms with Gasteiger partial charge in [0.15, 0.2) is 0 Å². The molecule has 3 rings (SSSR count). The number of rotatable bonds is 3. The number of fused-ring (bicyclic) bond motifs is 1. The number of anilines is 1. The van der Waals surface area contributed by atoms with Crippen LogP contribution in [0.5, 0.6) is 0 Å². The topological polar surface area (TPSA) is 60.7 Å². The molecule has 0 bridgehead atoms. The zero-order chi connectivity index (χ0) is 13.8. The van der Waals surface area contributed by atoms with Crippen LogP contribution >= 0.6 is 0 Å². The third-order valence-electron chi connectivity index (χ3n) is 3.80. The van der Waals surface area contributed by atoms with Crippen molar-refractivity contribution in [2.75, 3.05) is 25.0 Å². The van der Waals surface area contributed by atoms with E-state index in [0.717, 1.165) is 30.5 Å². The number of piperidine rings is 1. The summed E-state index contributed by atoms with van der Waals surface area (Å²) in [5.41, 5.74) is 1.54. The quantitative estimate of drug-likeness (QED) is 0.896. The second kappa shape index (κ2) is 5.89. The van der Waals surface area contributed by atoms with E-state index in [1.165, 1.54) is 12.8 Å². The molecule has 0 aliphatic carbocycles. The summed E-state index contributed by atoms with van der Waals surface area (Å²) in [4.78, 5) is 4.58. The summed E-state index contributed by atoms with van der Waals surface area (Å²) >= 11 is 0. The Labute approximate surface area is 118 Å². The first-order chi connectivity index (χ1) is 9.86. The Morgan fingerprint density at radius 1 is 1.40 bits per heavy atom. The van der Waals surface area contributed by atoms with Crippen molar-refractivity contribution in [3.05, 3.63) is 35.9 Å². The van der Waals surface area contributed by atoms with Crippen molar-refractivity contribution in [2.24, 2.45) is 5.92 Å². The van der Waals surface area contributed by atoms with Gasteiger partial charge in [-0.15, -0.1) is 0 Å². The van der Waals surface area contributed by atoms with Gasteiger partial charge >= 0.3 is 0 Å². The van der Waals surface area contributed by atoms with E-state index in [9.17, 15) is 5.26 Å². The molecule has 2 N–H and O–H groups in total. The number of aromatic nitrogens is 1. The van der Waals surface area contributed by atoms with Crippen LogP contribution in [0.4, 0.5) is 5.82 Å². The van der Waals surface area contributed by atoms with Gasteiger partial charge < -0.3 is 10.6 Å². The molecule has 1 aromatic carbocycles. The third-order valence-corrected chi connectivity index (χ3v) is 3.80. The highest BCUT2D eigenvalue weighted by molar-refractivity contribution is 5.82. The molecule has 2 heterocycles. The molecule has 0 spiro atoms. The normalized spacial score (nSPS) is 18.6. The lowest BCUT2D eigenvalue weighted by molar-refractivity contribution is 0.392. The van der Waals surface area contributed by atoms with Crippen LogP contribution in [0.15, 0.2) is 30.3 Å². The molecule has 0 radical (unpaired) electrons. The lowest BCUT2D eigenvalue weighted by Gasteiger charge is -2.23. The lowest BCUT2D eigenvalue weighted by Crippen LogP contribution is -2.33. The Balaban J connectivity index is 1.80. The van der Waals surface area contributed by atoms with E-state index in [0.29, 0.717) is 17.3 Å². The van der Waals surface area contributed by atoms with E-state index >= 15 is 0 Å². The van der Waals surface area contributed by atoms with E-state index in [1.54, 1.807) is 0 Å². The summed E-state index contributed by atoms with van der Waals surface area (Å²) in [6.07, 6.45) is 2.46. The second-order valence-corrected chi connectivity index (χ2v) is 5.28. The predicted octanol–water partition coefficient (Wildman–Crippen LogP) is 2.52. The monoisotopic (exact) mass is 266 g/mol. The molecule has 1 aliphatic rings. The first-order valence-electron chi connectivity index (χ1n) is 7.11. The molecule has 1 aliphatic heterocycles. The molecule has 4 heteroatoms.